The molecule has 0 atom stereocenters. The quantitative estimate of drug-likeness (QED) is 0.766. The van der Waals surface area contributed by atoms with E-state index in [1.165, 1.54) is 25.7 Å². The summed E-state index contributed by atoms with van der Waals surface area (Å²) in [5.41, 5.74) is 0. The number of hydrogen-bond donors (Lipinski definition) is 1. The Morgan fingerprint density at radius 1 is 1.12 bits per heavy atom. The van der Waals surface area contributed by atoms with Crippen molar-refractivity contribution in [2.24, 2.45) is 0 Å². The number of rotatable bonds is 2. The van der Waals surface area contributed by atoms with Gasteiger partial charge in [-0.25, -0.2) is 0 Å². The number of carbonyl (C=O) groups is 1. The van der Waals surface area contributed by atoms with Gasteiger partial charge in [0.05, 0.1) is 4.75 Å². The Kier molecular flexibility index (Phi) is 4.74. The van der Waals surface area contributed by atoms with Crippen molar-refractivity contribution >= 4 is 17.7 Å². The van der Waals surface area contributed by atoms with E-state index < -0.39 is 0 Å². The molecule has 17 heavy (non-hydrogen) atoms. The largest absolute Gasteiger partial charge is 0.339 e. The van der Waals surface area contributed by atoms with Crippen LogP contribution in [-0.4, -0.2) is 48.0 Å². The minimum Gasteiger partial charge on any atom is -0.339 e. The predicted octanol–water partition coefficient (Wildman–Crippen LogP) is 1.87. The van der Waals surface area contributed by atoms with E-state index in [2.05, 4.69) is 16.5 Å². The Morgan fingerprint density at radius 2 is 1.71 bits per heavy atom. The Morgan fingerprint density at radius 3 is 2.24 bits per heavy atom. The van der Waals surface area contributed by atoms with Crippen molar-refractivity contribution in [3.8, 4) is 0 Å². The summed E-state index contributed by atoms with van der Waals surface area (Å²) < 4.78 is -0.103. The lowest BCUT2D eigenvalue weighted by molar-refractivity contribution is -0.134. The molecule has 2 rings (SSSR count). The number of piperazine rings is 1. The molecule has 1 aliphatic heterocycles. The lowest BCUT2D eigenvalue weighted by Crippen LogP contribution is -2.53. The molecule has 4 heteroatoms. The van der Waals surface area contributed by atoms with E-state index in [1.54, 1.807) is 11.8 Å². The molecule has 1 aliphatic carbocycles. The monoisotopic (exact) mass is 256 g/mol. The van der Waals surface area contributed by atoms with Gasteiger partial charge >= 0.3 is 0 Å². The van der Waals surface area contributed by atoms with Crippen LogP contribution in [-0.2, 0) is 4.79 Å². The van der Waals surface area contributed by atoms with Crippen molar-refractivity contribution in [3.63, 3.8) is 0 Å². The summed E-state index contributed by atoms with van der Waals surface area (Å²) >= 11 is 1.80. The topological polar surface area (TPSA) is 32.3 Å². The summed E-state index contributed by atoms with van der Waals surface area (Å²) in [7, 11) is 0. The molecule has 0 aromatic heterocycles. The van der Waals surface area contributed by atoms with Crippen LogP contribution in [0.2, 0.25) is 0 Å². The van der Waals surface area contributed by atoms with E-state index in [-0.39, 0.29) is 4.75 Å². The molecule has 0 aromatic rings. The first-order chi connectivity index (χ1) is 8.28. The van der Waals surface area contributed by atoms with E-state index in [0.717, 1.165) is 39.0 Å². The van der Waals surface area contributed by atoms with Gasteiger partial charge in [0.1, 0.15) is 0 Å². The van der Waals surface area contributed by atoms with E-state index in [1.807, 2.05) is 0 Å². The number of hydrogen-bond acceptors (Lipinski definition) is 3. The first kappa shape index (κ1) is 13.2. The molecular weight excluding hydrogens is 232 g/mol. The Bertz CT molecular complexity index is 256. The van der Waals surface area contributed by atoms with E-state index >= 15 is 0 Å². The Balaban J connectivity index is 2.06. The van der Waals surface area contributed by atoms with Crippen molar-refractivity contribution in [1.29, 1.82) is 0 Å². The summed E-state index contributed by atoms with van der Waals surface area (Å²) in [6.45, 7) is 3.69. The van der Waals surface area contributed by atoms with Crippen LogP contribution in [0.1, 0.15) is 38.5 Å². The molecule has 1 saturated heterocycles. The van der Waals surface area contributed by atoms with Gasteiger partial charge in [-0.05, 0) is 19.1 Å². The molecule has 1 saturated carbocycles. The first-order valence-corrected chi connectivity index (χ1v) is 8.06. The average Bonchev–Trinajstić information content (AvgIpc) is 2.65. The van der Waals surface area contributed by atoms with Crippen LogP contribution in [0.15, 0.2) is 0 Å². The molecule has 98 valence electrons. The van der Waals surface area contributed by atoms with Gasteiger partial charge in [0.15, 0.2) is 0 Å². The summed E-state index contributed by atoms with van der Waals surface area (Å²) in [5, 5.41) is 3.31. The number of carbonyl (C=O) groups excluding carboxylic acids is 1. The second-order valence-corrected chi connectivity index (χ2v) is 6.34. The predicted molar refractivity (Wildman–Crippen MR) is 73.4 cm³/mol. The van der Waals surface area contributed by atoms with Crippen molar-refractivity contribution in [2.45, 2.75) is 43.3 Å². The highest BCUT2D eigenvalue weighted by molar-refractivity contribution is 8.00. The molecule has 0 bridgehead atoms. The smallest absolute Gasteiger partial charge is 0.238 e. The highest BCUT2D eigenvalue weighted by Gasteiger charge is 2.40. The zero-order valence-corrected chi connectivity index (χ0v) is 11.7. The minimum atomic E-state index is -0.103. The molecule has 0 aromatic carbocycles. The summed E-state index contributed by atoms with van der Waals surface area (Å²) in [6.07, 6.45) is 9.32. The first-order valence-electron chi connectivity index (χ1n) is 6.84. The average molecular weight is 256 g/mol. The van der Waals surface area contributed by atoms with Crippen molar-refractivity contribution in [1.82, 2.24) is 10.2 Å². The van der Waals surface area contributed by atoms with Crippen molar-refractivity contribution in [3.05, 3.63) is 0 Å². The van der Waals surface area contributed by atoms with Crippen LogP contribution < -0.4 is 5.32 Å². The molecule has 3 nitrogen and oxygen atoms in total. The molecular formula is C13H24N2OS. The fourth-order valence-corrected chi connectivity index (χ4v) is 3.96. The van der Waals surface area contributed by atoms with Gasteiger partial charge in [0, 0.05) is 26.2 Å². The van der Waals surface area contributed by atoms with Gasteiger partial charge < -0.3 is 10.2 Å². The lowest BCUT2D eigenvalue weighted by Gasteiger charge is -2.37. The van der Waals surface area contributed by atoms with Gasteiger partial charge in [-0.3, -0.25) is 4.79 Å². The molecule has 1 N–H and O–H groups in total. The third-order valence-corrected chi connectivity index (χ3v) is 5.46. The van der Waals surface area contributed by atoms with Crippen molar-refractivity contribution < 1.29 is 4.79 Å². The molecule has 1 heterocycles. The maximum Gasteiger partial charge on any atom is 0.238 e. The third-order valence-electron chi connectivity index (χ3n) is 4.10. The molecule has 0 unspecified atom stereocenters. The maximum atomic E-state index is 12.7. The minimum absolute atomic E-state index is 0.103. The lowest BCUT2D eigenvalue weighted by atomic mass is 9.97. The number of nitrogens with one attached hydrogen (secondary N) is 1. The van der Waals surface area contributed by atoms with Crippen LogP contribution in [0.4, 0.5) is 0 Å². The van der Waals surface area contributed by atoms with E-state index in [4.69, 9.17) is 0 Å². The summed E-state index contributed by atoms with van der Waals surface area (Å²) in [5.74, 6) is 0.411. The van der Waals surface area contributed by atoms with E-state index in [9.17, 15) is 4.79 Å². The molecule has 1 amide bonds. The van der Waals surface area contributed by atoms with Crippen LogP contribution in [0.25, 0.3) is 0 Å². The summed E-state index contributed by atoms with van der Waals surface area (Å²) in [4.78, 5) is 14.8. The van der Waals surface area contributed by atoms with Crippen LogP contribution in [0.3, 0.4) is 0 Å². The maximum absolute atomic E-state index is 12.7. The summed E-state index contributed by atoms with van der Waals surface area (Å²) in [6, 6.07) is 0. The van der Waals surface area contributed by atoms with Gasteiger partial charge in [-0.15, -0.1) is 11.8 Å². The molecule has 2 aliphatic rings. The van der Waals surface area contributed by atoms with Gasteiger partial charge in [0.25, 0.3) is 0 Å². The fourth-order valence-electron chi connectivity index (χ4n) is 2.96. The molecule has 0 spiro atoms. The second-order valence-electron chi connectivity index (χ2n) is 5.15. The second kappa shape index (κ2) is 6.10. The SMILES string of the molecule is CSC1(C(=O)N2CCNCC2)CCCCCC1. The van der Waals surface area contributed by atoms with Crippen LogP contribution in [0.5, 0.6) is 0 Å². The number of thioether (sulfide) groups is 1. The zero-order chi connectivity index (χ0) is 12.1. The normalized spacial score (nSPS) is 25.4. The van der Waals surface area contributed by atoms with Gasteiger partial charge in [-0.2, -0.15) is 0 Å². The van der Waals surface area contributed by atoms with Gasteiger partial charge in [-0.1, -0.05) is 25.7 Å². The van der Waals surface area contributed by atoms with Crippen LogP contribution in [0, 0.1) is 0 Å². The molecule has 0 radical (unpaired) electrons. The Hall–Kier alpha value is -0.220. The van der Waals surface area contributed by atoms with Gasteiger partial charge in [0.2, 0.25) is 5.91 Å². The molecule has 2 fully saturated rings. The highest BCUT2D eigenvalue weighted by atomic mass is 32.2. The third kappa shape index (κ3) is 2.97. The van der Waals surface area contributed by atoms with E-state index in [0.29, 0.717) is 5.91 Å². The number of amides is 1. The number of nitrogens with zero attached hydrogens (tertiary/aromatic N) is 1. The fraction of sp³-hybridized carbons (Fsp3) is 0.923. The zero-order valence-electron chi connectivity index (χ0n) is 10.8. The van der Waals surface area contributed by atoms with Crippen LogP contribution >= 0.6 is 11.8 Å². The highest BCUT2D eigenvalue weighted by Crippen LogP contribution is 2.39. The Labute approximate surface area is 109 Å². The standard InChI is InChI=1S/C13H24N2OS/c1-17-13(6-4-2-3-5-7-13)12(16)15-10-8-14-9-11-15/h14H,2-11H2,1H3. The van der Waals surface area contributed by atoms with Crippen molar-refractivity contribution in [2.75, 3.05) is 32.4 Å².